The Balaban J connectivity index is 2.72. The summed E-state index contributed by atoms with van der Waals surface area (Å²) in [6.07, 6.45) is 1.97. The van der Waals surface area contributed by atoms with Crippen molar-refractivity contribution in [1.29, 1.82) is 0 Å². The van der Waals surface area contributed by atoms with Crippen molar-refractivity contribution in [2.24, 2.45) is 5.92 Å². The van der Waals surface area contributed by atoms with Crippen LogP contribution in [0.2, 0.25) is 0 Å². The molecule has 0 spiro atoms. The quantitative estimate of drug-likeness (QED) is 0.842. The molecule has 0 saturated carbocycles. The zero-order valence-corrected chi connectivity index (χ0v) is 12.7. The number of hydrogen-bond acceptors (Lipinski definition) is 3. The van der Waals surface area contributed by atoms with Crippen LogP contribution < -0.4 is 5.32 Å². The lowest BCUT2D eigenvalue weighted by Crippen LogP contribution is -2.29. The zero-order valence-electron chi connectivity index (χ0n) is 12.7. The van der Waals surface area contributed by atoms with Gasteiger partial charge in [0.25, 0.3) is 0 Å². The van der Waals surface area contributed by atoms with E-state index in [0.29, 0.717) is 12.0 Å². The second-order valence-corrected chi connectivity index (χ2v) is 5.52. The topological polar surface area (TPSA) is 37.8 Å². The average molecular weight is 249 g/mol. The molecule has 1 heterocycles. The van der Waals surface area contributed by atoms with Crippen molar-refractivity contribution in [3.8, 4) is 0 Å². The van der Waals surface area contributed by atoms with Crippen LogP contribution in [0.3, 0.4) is 0 Å². The van der Waals surface area contributed by atoms with E-state index in [1.165, 1.54) is 5.56 Å². The van der Waals surface area contributed by atoms with E-state index in [0.717, 1.165) is 36.6 Å². The minimum absolute atomic E-state index is 0.549. The third-order valence-corrected chi connectivity index (χ3v) is 3.21. The van der Waals surface area contributed by atoms with E-state index in [2.05, 4.69) is 56.8 Å². The Hall–Kier alpha value is -0.960. The molecule has 18 heavy (non-hydrogen) atoms. The molecule has 0 radical (unpaired) electrons. The van der Waals surface area contributed by atoms with Gasteiger partial charge in [-0.25, -0.2) is 9.97 Å². The molecule has 0 aliphatic carbocycles. The van der Waals surface area contributed by atoms with Gasteiger partial charge >= 0.3 is 0 Å². The molecule has 102 valence electrons. The summed E-state index contributed by atoms with van der Waals surface area (Å²) in [6.45, 7) is 14.0. The van der Waals surface area contributed by atoms with Crippen LogP contribution in [0.1, 0.15) is 50.5 Å². The van der Waals surface area contributed by atoms with Gasteiger partial charge < -0.3 is 5.32 Å². The predicted octanol–water partition coefficient (Wildman–Crippen LogP) is 2.83. The summed E-state index contributed by atoms with van der Waals surface area (Å²) in [5, 5.41) is 3.49. The smallest absolute Gasteiger partial charge is 0.128 e. The largest absolute Gasteiger partial charge is 0.314 e. The number of aryl methyl sites for hydroxylation is 3. The molecule has 0 aliphatic rings. The number of aromatic nitrogens is 2. The maximum atomic E-state index is 4.57. The van der Waals surface area contributed by atoms with E-state index < -0.39 is 0 Å². The molecular formula is C15H27N3. The number of hydrogen-bond donors (Lipinski definition) is 1. The van der Waals surface area contributed by atoms with Gasteiger partial charge in [-0.3, -0.25) is 0 Å². The Morgan fingerprint density at radius 3 is 2.06 bits per heavy atom. The standard InChI is InChI=1S/C15H27N3/c1-7-15-17-12(5)14(13(6)18-15)8-11(4)9-16-10(2)3/h10-11,16H,7-9H2,1-6H3. The molecule has 1 atom stereocenters. The summed E-state index contributed by atoms with van der Waals surface area (Å²) in [7, 11) is 0. The number of rotatable bonds is 6. The van der Waals surface area contributed by atoms with Crippen molar-refractivity contribution in [3.05, 3.63) is 22.8 Å². The molecule has 0 saturated heterocycles. The average Bonchev–Trinajstić information content (AvgIpc) is 2.30. The Labute approximate surface area is 111 Å². The maximum absolute atomic E-state index is 4.57. The first-order chi connectivity index (χ1) is 8.43. The van der Waals surface area contributed by atoms with Crippen molar-refractivity contribution in [3.63, 3.8) is 0 Å². The van der Waals surface area contributed by atoms with Crippen molar-refractivity contribution in [2.45, 2.75) is 60.4 Å². The monoisotopic (exact) mass is 249 g/mol. The maximum Gasteiger partial charge on any atom is 0.128 e. The van der Waals surface area contributed by atoms with Gasteiger partial charge in [-0.05, 0) is 38.3 Å². The Morgan fingerprint density at radius 2 is 1.61 bits per heavy atom. The van der Waals surface area contributed by atoms with Crippen LogP contribution in [0.25, 0.3) is 0 Å². The molecule has 1 aromatic heterocycles. The minimum Gasteiger partial charge on any atom is -0.314 e. The summed E-state index contributed by atoms with van der Waals surface area (Å²) in [6, 6.07) is 0.549. The van der Waals surface area contributed by atoms with E-state index in [-0.39, 0.29) is 0 Å². The van der Waals surface area contributed by atoms with Crippen LogP contribution >= 0.6 is 0 Å². The molecular weight excluding hydrogens is 222 g/mol. The van der Waals surface area contributed by atoms with E-state index in [1.54, 1.807) is 0 Å². The summed E-state index contributed by atoms with van der Waals surface area (Å²) in [5.41, 5.74) is 3.62. The molecule has 0 aliphatic heterocycles. The van der Waals surface area contributed by atoms with Crippen molar-refractivity contribution in [2.75, 3.05) is 6.54 Å². The van der Waals surface area contributed by atoms with E-state index in [4.69, 9.17) is 0 Å². The van der Waals surface area contributed by atoms with Crippen molar-refractivity contribution in [1.82, 2.24) is 15.3 Å². The molecule has 0 bridgehead atoms. The molecule has 3 nitrogen and oxygen atoms in total. The van der Waals surface area contributed by atoms with Gasteiger partial charge in [0.15, 0.2) is 0 Å². The van der Waals surface area contributed by atoms with E-state index in [9.17, 15) is 0 Å². The van der Waals surface area contributed by atoms with Gasteiger partial charge in [0.2, 0.25) is 0 Å². The van der Waals surface area contributed by atoms with Gasteiger partial charge in [-0.1, -0.05) is 27.7 Å². The SMILES string of the molecule is CCc1nc(C)c(CC(C)CNC(C)C)c(C)n1. The highest BCUT2D eigenvalue weighted by Crippen LogP contribution is 2.15. The molecule has 0 fully saturated rings. The third kappa shape index (κ3) is 4.37. The van der Waals surface area contributed by atoms with Gasteiger partial charge in [0, 0.05) is 23.9 Å². The van der Waals surface area contributed by atoms with E-state index >= 15 is 0 Å². The molecule has 1 N–H and O–H groups in total. The highest BCUT2D eigenvalue weighted by atomic mass is 14.9. The zero-order chi connectivity index (χ0) is 13.7. The molecule has 1 rings (SSSR count). The fourth-order valence-corrected chi connectivity index (χ4v) is 2.12. The van der Waals surface area contributed by atoms with Crippen LogP contribution in [-0.4, -0.2) is 22.6 Å². The Kier molecular flexibility index (Phi) is 5.73. The predicted molar refractivity (Wildman–Crippen MR) is 76.9 cm³/mol. The van der Waals surface area contributed by atoms with Gasteiger partial charge in [-0.2, -0.15) is 0 Å². The van der Waals surface area contributed by atoms with Crippen molar-refractivity contribution >= 4 is 0 Å². The highest BCUT2D eigenvalue weighted by molar-refractivity contribution is 5.24. The first-order valence-corrected chi connectivity index (χ1v) is 7.00. The Morgan fingerprint density at radius 1 is 1.06 bits per heavy atom. The minimum atomic E-state index is 0.549. The van der Waals surface area contributed by atoms with Crippen molar-refractivity contribution < 1.29 is 0 Å². The summed E-state index contributed by atoms with van der Waals surface area (Å²) < 4.78 is 0. The van der Waals surface area contributed by atoms with Gasteiger partial charge in [0.1, 0.15) is 5.82 Å². The lowest BCUT2D eigenvalue weighted by Gasteiger charge is -2.17. The second-order valence-electron chi connectivity index (χ2n) is 5.52. The molecule has 1 aromatic rings. The summed E-state index contributed by atoms with van der Waals surface area (Å²) in [4.78, 5) is 9.14. The summed E-state index contributed by atoms with van der Waals surface area (Å²) in [5.74, 6) is 1.57. The third-order valence-electron chi connectivity index (χ3n) is 3.21. The van der Waals surface area contributed by atoms with Crippen LogP contribution in [0.4, 0.5) is 0 Å². The summed E-state index contributed by atoms with van der Waals surface area (Å²) >= 11 is 0. The van der Waals surface area contributed by atoms with Crippen LogP contribution in [0.5, 0.6) is 0 Å². The molecule has 0 aromatic carbocycles. The molecule has 0 amide bonds. The normalized spacial score (nSPS) is 13.1. The second kappa shape index (κ2) is 6.83. The van der Waals surface area contributed by atoms with Crippen LogP contribution in [0.15, 0.2) is 0 Å². The first-order valence-electron chi connectivity index (χ1n) is 7.00. The molecule has 3 heteroatoms. The van der Waals surface area contributed by atoms with Crippen LogP contribution in [0, 0.1) is 19.8 Å². The van der Waals surface area contributed by atoms with Gasteiger partial charge in [-0.15, -0.1) is 0 Å². The van der Waals surface area contributed by atoms with Crippen LogP contribution in [-0.2, 0) is 12.8 Å². The lowest BCUT2D eigenvalue weighted by atomic mass is 9.98. The Bertz CT molecular complexity index is 362. The fourth-order valence-electron chi connectivity index (χ4n) is 2.12. The number of nitrogens with one attached hydrogen (secondary N) is 1. The number of nitrogens with zero attached hydrogens (tertiary/aromatic N) is 2. The first kappa shape index (κ1) is 15.1. The van der Waals surface area contributed by atoms with Gasteiger partial charge in [0.05, 0.1) is 0 Å². The highest BCUT2D eigenvalue weighted by Gasteiger charge is 2.12. The van der Waals surface area contributed by atoms with E-state index in [1.807, 2.05) is 0 Å². The fraction of sp³-hybridized carbons (Fsp3) is 0.733. The lowest BCUT2D eigenvalue weighted by molar-refractivity contribution is 0.473. The molecule has 1 unspecified atom stereocenters.